The summed E-state index contributed by atoms with van der Waals surface area (Å²) in [6, 6.07) is 12.2. The molecule has 3 nitrogen and oxygen atoms in total. The average Bonchev–Trinajstić information content (AvgIpc) is 2.77. The van der Waals surface area contributed by atoms with E-state index in [-0.39, 0.29) is 5.82 Å². The fourth-order valence-electron chi connectivity index (χ4n) is 2.41. The molecule has 0 bridgehead atoms. The van der Waals surface area contributed by atoms with Gasteiger partial charge in [0.25, 0.3) is 0 Å². The van der Waals surface area contributed by atoms with Crippen LogP contribution in [-0.4, -0.2) is 12.4 Å². The molecule has 0 saturated carbocycles. The second-order valence-corrected chi connectivity index (χ2v) is 4.66. The number of rotatable bonds is 3. The SMILES string of the molecule is CCOc1ccc(N2Cc3ccc(F)cc3C2=N)cc1. The summed E-state index contributed by atoms with van der Waals surface area (Å²) in [5.41, 5.74) is 2.55. The fraction of sp³-hybridized carbons (Fsp3) is 0.188. The van der Waals surface area contributed by atoms with Gasteiger partial charge >= 0.3 is 0 Å². The summed E-state index contributed by atoms with van der Waals surface area (Å²) in [5, 5.41) is 8.18. The van der Waals surface area contributed by atoms with Crippen LogP contribution in [0.5, 0.6) is 5.75 Å². The van der Waals surface area contributed by atoms with Gasteiger partial charge in [-0.2, -0.15) is 0 Å². The Kier molecular flexibility index (Phi) is 3.14. The van der Waals surface area contributed by atoms with E-state index in [0.29, 0.717) is 24.6 Å². The Hall–Kier alpha value is -2.36. The number of nitrogens with one attached hydrogen (secondary N) is 1. The van der Waals surface area contributed by atoms with Gasteiger partial charge in [0.1, 0.15) is 17.4 Å². The first kappa shape index (κ1) is 12.7. The predicted octanol–water partition coefficient (Wildman–Crippen LogP) is 3.57. The molecule has 0 saturated heterocycles. The van der Waals surface area contributed by atoms with Gasteiger partial charge in [0.15, 0.2) is 0 Å². The van der Waals surface area contributed by atoms with Crippen LogP contribution in [0.25, 0.3) is 0 Å². The lowest BCUT2D eigenvalue weighted by Gasteiger charge is -2.18. The molecule has 0 aliphatic carbocycles. The van der Waals surface area contributed by atoms with Gasteiger partial charge in [0, 0.05) is 11.3 Å². The lowest BCUT2D eigenvalue weighted by atomic mass is 10.1. The number of halogens is 1. The van der Waals surface area contributed by atoms with Gasteiger partial charge in [-0.05, 0) is 48.9 Å². The lowest BCUT2D eigenvalue weighted by molar-refractivity contribution is 0.340. The molecular weight excluding hydrogens is 255 g/mol. The molecule has 0 amide bonds. The number of anilines is 1. The minimum absolute atomic E-state index is 0.304. The number of amidine groups is 1. The van der Waals surface area contributed by atoms with E-state index >= 15 is 0 Å². The zero-order valence-corrected chi connectivity index (χ0v) is 11.2. The van der Waals surface area contributed by atoms with Crippen molar-refractivity contribution in [2.45, 2.75) is 13.5 Å². The minimum atomic E-state index is -0.304. The highest BCUT2D eigenvalue weighted by atomic mass is 19.1. The molecule has 0 spiro atoms. The Morgan fingerprint density at radius 1 is 1.20 bits per heavy atom. The molecule has 0 radical (unpaired) electrons. The molecule has 2 aromatic carbocycles. The number of hydrogen-bond donors (Lipinski definition) is 1. The molecule has 0 aromatic heterocycles. The van der Waals surface area contributed by atoms with Crippen LogP contribution in [-0.2, 0) is 6.54 Å². The summed E-state index contributed by atoms with van der Waals surface area (Å²) >= 11 is 0. The van der Waals surface area contributed by atoms with Crippen molar-refractivity contribution in [3.8, 4) is 5.75 Å². The molecule has 1 aliphatic rings. The lowest BCUT2D eigenvalue weighted by Crippen LogP contribution is -2.22. The summed E-state index contributed by atoms with van der Waals surface area (Å²) in [7, 11) is 0. The third-order valence-electron chi connectivity index (χ3n) is 3.38. The van der Waals surface area contributed by atoms with Crippen LogP contribution in [0.3, 0.4) is 0 Å². The van der Waals surface area contributed by atoms with Crippen LogP contribution in [0.1, 0.15) is 18.1 Å². The highest BCUT2D eigenvalue weighted by molar-refractivity contribution is 6.11. The quantitative estimate of drug-likeness (QED) is 0.925. The van der Waals surface area contributed by atoms with Crippen molar-refractivity contribution < 1.29 is 9.13 Å². The van der Waals surface area contributed by atoms with Crippen molar-refractivity contribution in [2.75, 3.05) is 11.5 Å². The standard InChI is InChI=1S/C16H15FN2O/c1-2-20-14-7-5-13(6-8-14)19-10-11-3-4-12(17)9-15(11)16(19)18/h3-9,18H,2,10H2,1H3. The maximum atomic E-state index is 13.3. The molecule has 102 valence electrons. The van der Waals surface area contributed by atoms with E-state index in [1.165, 1.54) is 12.1 Å². The first-order valence-electron chi connectivity index (χ1n) is 6.57. The number of hydrogen-bond acceptors (Lipinski definition) is 2. The first-order chi connectivity index (χ1) is 9.69. The maximum absolute atomic E-state index is 13.3. The second-order valence-electron chi connectivity index (χ2n) is 4.66. The van der Waals surface area contributed by atoms with E-state index in [1.807, 2.05) is 36.1 Å². The van der Waals surface area contributed by atoms with Crippen LogP contribution in [0, 0.1) is 11.2 Å². The van der Waals surface area contributed by atoms with Crippen LogP contribution < -0.4 is 9.64 Å². The van der Waals surface area contributed by atoms with E-state index in [1.54, 1.807) is 6.07 Å². The highest BCUT2D eigenvalue weighted by Gasteiger charge is 2.25. The van der Waals surface area contributed by atoms with Gasteiger partial charge in [0.05, 0.1) is 13.2 Å². The number of benzene rings is 2. The van der Waals surface area contributed by atoms with Gasteiger partial charge in [-0.1, -0.05) is 6.07 Å². The first-order valence-corrected chi connectivity index (χ1v) is 6.57. The molecule has 0 unspecified atom stereocenters. The van der Waals surface area contributed by atoms with E-state index in [2.05, 4.69) is 0 Å². The molecule has 3 rings (SSSR count). The largest absolute Gasteiger partial charge is 0.494 e. The third-order valence-corrected chi connectivity index (χ3v) is 3.38. The van der Waals surface area contributed by atoms with E-state index in [0.717, 1.165) is 17.0 Å². The monoisotopic (exact) mass is 270 g/mol. The topological polar surface area (TPSA) is 36.3 Å². The summed E-state index contributed by atoms with van der Waals surface area (Å²) in [6.45, 7) is 3.17. The zero-order chi connectivity index (χ0) is 14.1. The highest BCUT2D eigenvalue weighted by Crippen LogP contribution is 2.29. The van der Waals surface area contributed by atoms with E-state index in [9.17, 15) is 4.39 Å². The van der Waals surface area contributed by atoms with Crippen molar-refractivity contribution in [3.05, 3.63) is 59.4 Å². The van der Waals surface area contributed by atoms with Gasteiger partial charge in [-0.3, -0.25) is 5.41 Å². The summed E-state index contributed by atoms with van der Waals surface area (Å²) in [4.78, 5) is 1.86. The van der Waals surface area contributed by atoms with Crippen molar-refractivity contribution >= 4 is 11.5 Å². The molecule has 1 aliphatic heterocycles. The average molecular weight is 270 g/mol. The Bertz CT molecular complexity index is 652. The van der Waals surface area contributed by atoms with Gasteiger partial charge in [-0.15, -0.1) is 0 Å². The number of nitrogens with zero attached hydrogens (tertiary/aromatic N) is 1. The van der Waals surface area contributed by atoms with Crippen LogP contribution in [0.4, 0.5) is 10.1 Å². The minimum Gasteiger partial charge on any atom is -0.494 e. The smallest absolute Gasteiger partial charge is 0.133 e. The Labute approximate surface area is 117 Å². The fourth-order valence-corrected chi connectivity index (χ4v) is 2.41. The molecule has 0 fully saturated rings. The van der Waals surface area contributed by atoms with Crippen LogP contribution in [0.2, 0.25) is 0 Å². The van der Waals surface area contributed by atoms with E-state index in [4.69, 9.17) is 10.1 Å². The van der Waals surface area contributed by atoms with Crippen LogP contribution >= 0.6 is 0 Å². The van der Waals surface area contributed by atoms with Gasteiger partial charge < -0.3 is 9.64 Å². The second kappa shape index (κ2) is 4.96. The molecular formula is C16H15FN2O. The maximum Gasteiger partial charge on any atom is 0.133 e. The predicted molar refractivity (Wildman–Crippen MR) is 77.0 cm³/mol. The molecule has 0 atom stereocenters. The molecule has 20 heavy (non-hydrogen) atoms. The third kappa shape index (κ3) is 2.13. The Morgan fingerprint density at radius 3 is 2.65 bits per heavy atom. The van der Waals surface area contributed by atoms with Gasteiger partial charge in [-0.25, -0.2) is 4.39 Å². The van der Waals surface area contributed by atoms with Crippen LogP contribution in [0.15, 0.2) is 42.5 Å². The van der Waals surface area contributed by atoms with Gasteiger partial charge in [0.2, 0.25) is 0 Å². The summed E-state index contributed by atoms with van der Waals surface area (Å²) < 4.78 is 18.7. The molecule has 2 aromatic rings. The Balaban J connectivity index is 1.88. The normalized spacial score (nSPS) is 13.5. The zero-order valence-electron chi connectivity index (χ0n) is 11.2. The molecule has 1 heterocycles. The summed E-state index contributed by atoms with van der Waals surface area (Å²) in [6.07, 6.45) is 0. The number of ether oxygens (including phenoxy) is 1. The Morgan fingerprint density at radius 2 is 1.95 bits per heavy atom. The van der Waals surface area contributed by atoms with E-state index < -0.39 is 0 Å². The molecule has 1 N–H and O–H groups in total. The van der Waals surface area contributed by atoms with Crippen molar-refractivity contribution in [2.24, 2.45) is 0 Å². The van der Waals surface area contributed by atoms with Crippen molar-refractivity contribution in [1.82, 2.24) is 0 Å². The van der Waals surface area contributed by atoms with Crippen molar-refractivity contribution in [3.63, 3.8) is 0 Å². The molecule has 4 heteroatoms. The van der Waals surface area contributed by atoms with Crippen molar-refractivity contribution in [1.29, 1.82) is 5.41 Å². The number of fused-ring (bicyclic) bond motifs is 1. The summed E-state index contributed by atoms with van der Waals surface area (Å²) in [5.74, 6) is 0.844.